The Hall–Kier alpha value is -4.06. The Kier molecular flexibility index (Phi) is 7.21. The highest BCUT2D eigenvalue weighted by atomic mass is 32.2. The van der Waals surface area contributed by atoms with Crippen molar-refractivity contribution >= 4 is 43.5 Å². The van der Waals surface area contributed by atoms with Crippen molar-refractivity contribution in [2.24, 2.45) is 0 Å². The van der Waals surface area contributed by atoms with E-state index in [1.54, 1.807) is 30.5 Å². The molecule has 1 saturated carbocycles. The second-order valence-electron chi connectivity index (χ2n) is 9.48. The Bertz CT molecular complexity index is 1630. The molecule has 1 fully saturated rings. The van der Waals surface area contributed by atoms with Crippen LogP contribution >= 0.6 is 0 Å². The number of pyridine rings is 1. The van der Waals surface area contributed by atoms with E-state index >= 15 is 0 Å². The smallest absolute Gasteiger partial charge is 0.494 e. The van der Waals surface area contributed by atoms with E-state index in [9.17, 15) is 22.7 Å². The molecule has 0 aliphatic heterocycles. The quantitative estimate of drug-likeness (QED) is 0.240. The van der Waals surface area contributed by atoms with E-state index in [1.807, 2.05) is 0 Å². The molecule has 0 bridgehead atoms. The molecule has 10 nitrogen and oxygen atoms in total. The minimum atomic E-state index is -3.71. The van der Waals surface area contributed by atoms with Crippen molar-refractivity contribution in [3.8, 4) is 11.6 Å². The molecule has 0 unspecified atom stereocenters. The highest BCUT2D eigenvalue weighted by Crippen LogP contribution is 2.47. The van der Waals surface area contributed by atoms with Gasteiger partial charge >= 0.3 is 6.16 Å². The summed E-state index contributed by atoms with van der Waals surface area (Å²) in [6, 6.07) is 9.14. The maximum Gasteiger partial charge on any atom is 0.511 e. The molecule has 0 spiro atoms. The number of ether oxygens (including phenoxy) is 3. The van der Waals surface area contributed by atoms with Crippen molar-refractivity contribution in [1.82, 2.24) is 9.55 Å². The first-order chi connectivity index (χ1) is 18.6. The Morgan fingerprint density at radius 2 is 1.90 bits per heavy atom. The molecule has 206 valence electrons. The van der Waals surface area contributed by atoms with Crippen molar-refractivity contribution in [1.29, 1.82) is 0 Å². The number of hydrogen-bond donors (Lipinski definition) is 1. The van der Waals surface area contributed by atoms with Gasteiger partial charge in [-0.05, 0) is 55.5 Å². The van der Waals surface area contributed by atoms with Gasteiger partial charge in [-0.25, -0.2) is 17.6 Å². The number of rotatable bonds is 8. The molecule has 1 aliphatic rings. The lowest BCUT2D eigenvalue weighted by Crippen LogP contribution is -2.25. The number of fused-ring (bicyclic) bond motifs is 2. The molecule has 39 heavy (non-hydrogen) atoms. The number of nitrogens with zero attached hydrogens (tertiary/aromatic N) is 3. The zero-order chi connectivity index (χ0) is 27.7. The molecule has 2 aromatic carbocycles. The zero-order valence-electron chi connectivity index (χ0n) is 21.5. The molecule has 0 radical (unpaired) electrons. The van der Waals surface area contributed by atoms with Crippen LogP contribution in [0.1, 0.15) is 31.2 Å². The summed E-state index contributed by atoms with van der Waals surface area (Å²) in [7, 11) is -2.30. The van der Waals surface area contributed by atoms with Gasteiger partial charge in [-0.2, -0.15) is 0 Å². The van der Waals surface area contributed by atoms with Crippen LogP contribution in [-0.4, -0.2) is 55.4 Å². The van der Waals surface area contributed by atoms with Gasteiger partial charge in [0, 0.05) is 30.2 Å². The van der Waals surface area contributed by atoms with E-state index in [0.29, 0.717) is 16.3 Å². The van der Waals surface area contributed by atoms with Crippen LogP contribution in [0.2, 0.25) is 0 Å². The van der Waals surface area contributed by atoms with Crippen molar-refractivity contribution in [3.05, 3.63) is 60.2 Å². The molecular weight excluding hydrogens is 529 g/mol. The highest BCUT2D eigenvalue weighted by molar-refractivity contribution is 7.92. The van der Waals surface area contributed by atoms with Gasteiger partial charge in [0.15, 0.2) is 5.75 Å². The molecular formula is C27H28FN3O7S. The van der Waals surface area contributed by atoms with Gasteiger partial charge in [0.05, 0.1) is 23.9 Å². The normalized spacial score (nSPS) is 14.1. The van der Waals surface area contributed by atoms with Gasteiger partial charge in [0.2, 0.25) is 22.7 Å². The van der Waals surface area contributed by atoms with Crippen LogP contribution in [0.5, 0.6) is 11.6 Å². The number of carbonyl (C=O) groups is 1. The molecule has 1 aliphatic carbocycles. The summed E-state index contributed by atoms with van der Waals surface area (Å²) in [5.74, 6) is -0.513. The number of aromatic hydroxyl groups is 1. The Labute approximate surface area is 224 Å². The summed E-state index contributed by atoms with van der Waals surface area (Å²) in [5, 5.41) is 12.3. The lowest BCUT2D eigenvalue weighted by Gasteiger charge is -2.21. The number of carbonyl (C=O) groups excluding carboxylic acids is 1. The fourth-order valence-electron chi connectivity index (χ4n) is 4.86. The topological polar surface area (TPSA) is 120 Å². The molecule has 1 N–H and O–H groups in total. The number of anilines is 1. The second-order valence-corrected chi connectivity index (χ2v) is 11.5. The first-order valence-electron chi connectivity index (χ1n) is 12.4. The maximum absolute atomic E-state index is 13.4. The Morgan fingerprint density at radius 3 is 2.59 bits per heavy atom. The lowest BCUT2D eigenvalue weighted by molar-refractivity contribution is -0.0130. The molecule has 0 saturated heterocycles. The van der Waals surface area contributed by atoms with Crippen molar-refractivity contribution in [2.45, 2.75) is 38.3 Å². The first-order valence-corrected chi connectivity index (χ1v) is 14.3. The third-order valence-corrected chi connectivity index (χ3v) is 8.01. The predicted octanol–water partition coefficient (Wildman–Crippen LogP) is 4.91. The summed E-state index contributed by atoms with van der Waals surface area (Å²) < 4.78 is 57.6. The van der Waals surface area contributed by atoms with Gasteiger partial charge < -0.3 is 23.9 Å². The molecule has 5 rings (SSSR count). The van der Waals surface area contributed by atoms with Crippen LogP contribution in [-0.2, 0) is 26.0 Å². The number of aromatic nitrogens is 2. The van der Waals surface area contributed by atoms with E-state index in [0.717, 1.165) is 36.2 Å². The fourth-order valence-corrected chi connectivity index (χ4v) is 5.38. The predicted molar refractivity (Wildman–Crippen MR) is 143 cm³/mol. The standard InChI is InChI=1S/C27H28FN3O7S/c1-30(39(2,34)35)24-20-8-5-13-29-23(20)25(36-16-37-27(33)38-19-6-3-4-7-19)22-21(24)15-31(26(22)32)14-17-9-11-18(28)12-10-17/h5,8-13,15,19,32H,3-4,6-7,14,16H2,1-2H3. The minimum Gasteiger partial charge on any atom is -0.494 e. The van der Waals surface area contributed by atoms with Gasteiger partial charge in [-0.15, -0.1) is 0 Å². The largest absolute Gasteiger partial charge is 0.511 e. The summed E-state index contributed by atoms with van der Waals surface area (Å²) >= 11 is 0. The fraction of sp³-hybridized carbons (Fsp3) is 0.333. The Morgan fingerprint density at radius 1 is 1.18 bits per heavy atom. The van der Waals surface area contributed by atoms with Gasteiger partial charge in [-0.1, -0.05) is 12.1 Å². The minimum absolute atomic E-state index is 0.107. The Balaban J connectivity index is 1.59. The maximum atomic E-state index is 13.4. The average molecular weight is 558 g/mol. The lowest BCUT2D eigenvalue weighted by atomic mass is 10.1. The van der Waals surface area contributed by atoms with E-state index in [2.05, 4.69) is 4.98 Å². The number of hydrogen-bond acceptors (Lipinski definition) is 8. The highest BCUT2D eigenvalue weighted by Gasteiger charge is 2.27. The van der Waals surface area contributed by atoms with Crippen LogP contribution < -0.4 is 9.04 Å². The summed E-state index contributed by atoms with van der Waals surface area (Å²) in [5.41, 5.74) is 1.25. The van der Waals surface area contributed by atoms with Crippen LogP contribution in [0.3, 0.4) is 0 Å². The number of halogens is 1. The van der Waals surface area contributed by atoms with Crippen LogP contribution in [0.15, 0.2) is 48.8 Å². The van der Waals surface area contributed by atoms with Crippen molar-refractivity contribution in [3.63, 3.8) is 0 Å². The van der Waals surface area contributed by atoms with Gasteiger partial charge in [0.25, 0.3) is 0 Å². The average Bonchev–Trinajstić information content (AvgIpc) is 3.52. The summed E-state index contributed by atoms with van der Waals surface area (Å²) in [6.07, 6.45) is 6.70. The van der Waals surface area contributed by atoms with Crippen LogP contribution in [0.25, 0.3) is 21.7 Å². The summed E-state index contributed by atoms with van der Waals surface area (Å²) in [6.45, 7) is -0.355. The van der Waals surface area contributed by atoms with Crippen LogP contribution in [0.4, 0.5) is 14.9 Å². The van der Waals surface area contributed by atoms with Gasteiger partial charge in [-0.3, -0.25) is 9.29 Å². The second kappa shape index (κ2) is 10.6. The monoisotopic (exact) mass is 557 g/mol. The van der Waals surface area contributed by atoms with Crippen molar-refractivity contribution < 1.29 is 36.9 Å². The molecule has 4 aromatic rings. The summed E-state index contributed by atoms with van der Waals surface area (Å²) in [4.78, 5) is 16.6. The first kappa shape index (κ1) is 26.5. The SMILES string of the molecule is CN(c1c2cccnc2c(OCOC(=O)OC2CCCC2)c2c(O)n(Cc3ccc(F)cc3)cc12)S(C)(=O)=O. The molecule has 0 atom stereocenters. The van der Waals surface area contributed by atoms with Crippen molar-refractivity contribution in [2.75, 3.05) is 24.4 Å². The molecule has 2 aromatic heterocycles. The number of sulfonamides is 1. The van der Waals surface area contributed by atoms with Gasteiger partial charge in [0.1, 0.15) is 17.4 Å². The van der Waals surface area contributed by atoms with E-state index < -0.39 is 28.8 Å². The molecule has 2 heterocycles. The zero-order valence-corrected chi connectivity index (χ0v) is 22.3. The third kappa shape index (κ3) is 5.42. The van der Waals surface area contributed by atoms with E-state index in [4.69, 9.17) is 14.2 Å². The van der Waals surface area contributed by atoms with E-state index in [-0.39, 0.29) is 40.9 Å². The molecule has 0 amide bonds. The molecule has 12 heteroatoms. The number of benzene rings is 2. The third-order valence-electron chi connectivity index (χ3n) is 6.83. The van der Waals surface area contributed by atoms with E-state index in [1.165, 1.54) is 29.9 Å². The van der Waals surface area contributed by atoms with Crippen LogP contribution in [0, 0.1) is 5.82 Å².